The minimum Gasteiger partial charge on any atom is -0.292 e. The second-order valence-corrected chi connectivity index (χ2v) is 3.07. The maximum Gasteiger partial charge on any atom is 0.184 e. The first kappa shape index (κ1) is 10.6. The van der Waals surface area contributed by atoms with Crippen molar-refractivity contribution in [3.63, 3.8) is 0 Å². The summed E-state index contributed by atoms with van der Waals surface area (Å²) in [5.74, 6) is 0.0748. The fourth-order valence-corrected chi connectivity index (χ4v) is 1.19. The third-order valence-electron chi connectivity index (χ3n) is 2.10. The summed E-state index contributed by atoms with van der Waals surface area (Å²) >= 11 is 0. The van der Waals surface area contributed by atoms with Gasteiger partial charge in [-0.1, -0.05) is 31.2 Å². The number of rotatable bonds is 4. The van der Waals surface area contributed by atoms with Crippen LogP contribution in [0, 0.1) is 0 Å². The van der Waals surface area contributed by atoms with E-state index in [1.54, 1.807) is 6.21 Å². The topological polar surface area (TPSA) is 29.4 Å². The van der Waals surface area contributed by atoms with Crippen LogP contribution in [0.4, 0.5) is 0 Å². The summed E-state index contributed by atoms with van der Waals surface area (Å²) < 4.78 is 0. The first-order chi connectivity index (χ1) is 6.77. The van der Waals surface area contributed by atoms with E-state index in [-0.39, 0.29) is 12.3 Å². The molecule has 1 aromatic rings. The van der Waals surface area contributed by atoms with Crippen molar-refractivity contribution in [3.05, 3.63) is 35.4 Å². The highest BCUT2D eigenvalue weighted by Crippen LogP contribution is 2.05. The molecule has 2 nitrogen and oxygen atoms in total. The predicted molar refractivity (Wildman–Crippen MR) is 59.2 cm³/mol. The third kappa shape index (κ3) is 2.80. The van der Waals surface area contributed by atoms with Crippen LogP contribution in [0.15, 0.2) is 29.3 Å². The van der Waals surface area contributed by atoms with E-state index in [9.17, 15) is 4.79 Å². The van der Waals surface area contributed by atoms with Gasteiger partial charge in [0.2, 0.25) is 0 Å². The summed E-state index contributed by atoms with van der Waals surface area (Å²) in [7, 11) is 0. The number of carbonyl (C=O) groups is 1. The Morgan fingerprint density at radius 3 is 2.50 bits per heavy atom. The molecule has 0 aliphatic rings. The van der Waals surface area contributed by atoms with Crippen molar-refractivity contribution >= 4 is 12.0 Å². The second-order valence-electron chi connectivity index (χ2n) is 3.07. The lowest BCUT2D eigenvalue weighted by Gasteiger charge is -1.99. The van der Waals surface area contributed by atoms with Crippen molar-refractivity contribution in [3.8, 4) is 0 Å². The molecule has 0 spiro atoms. The molecule has 1 rings (SSSR count). The van der Waals surface area contributed by atoms with E-state index in [4.69, 9.17) is 0 Å². The Balaban J connectivity index is 2.71. The average Bonchev–Trinajstić information content (AvgIpc) is 2.26. The third-order valence-corrected chi connectivity index (χ3v) is 2.10. The van der Waals surface area contributed by atoms with E-state index >= 15 is 0 Å². The number of hydrogen-bond donors (Lipinski definition) is 0. The van der Waals surface area contributed by atoms with Gasteiger partial charge in [-0.15, -0.1) is 0 Å². The normalized spacial score (nSPS) is 10.7. The molecule has 0 aromatic heterocycles. The lowest BCUT2D eigenvalue weighted by Crippen LogP contribution is -2.03. The van der Waals surface area contributed by atoms with E-state index < -0.39 is 0 Å². The molecule has 0 atom stereocenters. The number of nitrogens with zero attached hydrogens (tertiary/aromatic N) is 1. The van der Waals surface area contributed by atoms with E-state index in [1.807, 2.05) is 31.2 Å². The predicted octanol–water partition coefficient (Wildman–Crippen LogP) is 2.52. The standard InChI is InChI=1S/C12H15NO/c1-3-10-5-7-11(8-6-10)12(14)9-13-4-2/h4-8H,3,9H2,1-2H3. The van der Waals surface area contributed by atoms with Crippen LogP contribution in [0.3, 0.4) is 0 Å². The molecular weight excluding hydrogens is 174 g/mol. The molecule has 0 heterocycles. The molecule has 0 radical (unpaired) electrons. The highest BCUT2D eigenvalue weighted by Gasteiger charge is 2.02. The van der Waals surface area contributed by atoms with Crippen molar-refractivity contribution < 1.29 is 4.79 Å². The Labute approximate surface area is 84.7 Å². The molecule has 1 aromatic carbocycles. The largest absolute Gasteiger partial charge is 0.292 e. The van der Waals surface area contributed by atoms with E-state index in [0.29, 0.717) is 0 Å². The first-order valence-electron chi connectivity index (χ1n) is 4.84. The number of aryl methyl sites for hydroxylation is 1. The van der Waals surface area contributed by atoms with Gasteiger partial charge in [0.15, 0.2) is 5.78 Å². The van der Waals surface area contributed by atoms with Crippen LogP contribution in [-0.2, 0) is 6.42 Å². The minimum absolute atomic E-state index is 0.0748. The van der Waals surface area contributed by atoms with Crippen LogP contribution >= 0.6 is 0 Å². The minimum atomic E-state index is 0.0748. The number of hydrogen-bond acceptors (Lipinski definition) is 2. The maximum absolute atomic E-state index is 11.5. The Hall–Kier alpha value is -1.44. The molecule has 0 bridgehead atoms. The Morgan fingerprint density at radius 2 is 2.00 bits per heavy atom. The van der Waals surface area contributed by atoms with Gasteiger partial charge in [0.1, 0.15) is 6.54 Å². The monoisotopic (exact) mass is 189 g/mol. The number of carbonyl (C=O) groups excluding carboxylic acids is 1. The Bertz CT molecular complexity index is 325. The van der Waals surface area contributed by atoms with E-state index in [0.717, 1.165) is 12.0 Å². The van der Waals surface area contributed by atoms with Crippen LogP contribution in [0.5, 0.6) is 0 Å². The fraction of sp³-hybridized carbons (Fsp3) is 0.333. The number of aliphatic imine (C=N–C) groups is 1. The highest BCUT2D eigenvalue weighted by molar-refractivity contribution is 5.98. The number of Topliss-reactive ketones (excluding diaryl/α,β-unsaturated/α-hetero) is 1. The highest BCUT2D eigenvalue weighted by atomic mass is 16.1. The van der Waals surface area contributed by atoms with Gasteiger partial charge in [0.25, 0.3) is 0 Å². The summed E-state index contributed by atoms with van der Waals surface area (Å²) in [5.41, 5.74) is 1.99. The molecule has 0 N–H and O–H groups in total. The average molecular weight is 189 g/mol. The maximum atomic E-state index is 11.5. The molecule has 0 saturated heterocycles. The molecule has 0 amide bonds. The van der Waals surface area contributed by atoms with Gasteiger partial charge in [-0.3, -0.25) is 9.79 Å². The van der Waals surface area contributed by atoms with Gasteiger partial charge in [-0.25, -0.2) is 0 Å². The van der Waals surface area contributed by atoms with Crippen LogP contribution in [0.2, 0.25) is 0 Å². The summed E-state index contributed by atoms with van der Waals surface area (Å²) in [4.78, 5) is 15.4. The molecule has 0 saturated carbocycles. The molecule has 2 heteroatoms. The van der Waals surface area contributed by atoms with Crippen LogP contribution in [0.25, 0.3) is 0 Å². The lowest BCUT2D eigenvalue weighted by molar-refractivity contribution is 0.100. The zero-order chi connectivity index (χ0) is 10.4. The van der Waals surface area contributed by atoms with E-state index in [1.165, 1.54) is 5.56 Å². The molecule has 14 heavy (non-hydrogen) atoms. The van der Waals surface area contributed by atoms with Crippen molar-refractivity contribution in [1.82, 2.24) is 0 Å². The smallest absolute Gasteiger partial charge is 0.184 e. The molecule has 0 unspecified atom stereocenters. The van der Waals surface area contributed by atoms with Crippen LogP contribution in [0.1, 0.15) is 29.8 Å². The van der Waals surface area contributed by atoms with Gasteiger partial charge < -0.3 is 0 Å². The molecule has 0 aliphatic carbocycles. The van der Waals surface area contributed by atoms with Crippen LogP contribution < -0.4 is 0 Å². The van der Waals surface area contributed by atoms with Crippen molar-refractivity contribution in [2.75, 3.05) is 6.54 Å². The summed E-state index contributed by atoms with van der Waals surface area (Å²) in [5, 5.41) is 0. The molecule has 0 aliphatic heterocycles. The molecular formula is C12H15NO. The van der Waals surface area contributed by atoms with E-state index in [2.05, 4.69) is 11.9 Å². The fourth-order valence-electron chi connectivity index (χ4n) is 1.19. The Kier molecular flexibility index (Phi) is 4.05. The first-order valence-corrected chi connectivity index (χ1v) is 4.84. The lowest BCUT2D eigenvalue weighted by atomic mass is 10.1. The van der Waals surface area contributed by atoms with Gasteiger partial charge in [-0.05, 0) is 25.1 Å². The van der Waals surface area contributed by atoms with Crippen molar-refractivity contribution in [2.24, 2.45) is 4.99 Å². The Morgan fingerprint density at radius 1 is 1.36 bits per heavy atom. The van der Waals surface area contributed by atoms with Crippen LogP contribution in [-0.4, -0.2) is 18.5 Å². The van der Waals surface area contributed by atoms with Crippen molar-refractivity contribution in [2.45, 2.75) is 20.3 Å². The second kappa shape index (κ2) is 5.32. The summed E-state index contributed by atoms with van der Waals surface area (Å²) in [6.07, 6.45) is 2.65. The van der Waals surface area contributed by atoms with Crippen molar-refractivity contribution in [1.29, 1.82) is 0 Å². The summed E-state index contributed by atoms with van der Waals surface area (Å²) in [6.45, 7) is 4.16. The van der Waals surface area contributed by atoms with Gasteiger partial charge in [-0.2, -0.15) is 0 Å². The number of benzene rings is 1. The molecule has 74 valence electrons. The zero-order valence-corrected chi connectivity index (χ0v) is 8.66. The van der Waals surface area contributed by atoms with Gasteiger partial charge >= 0.3 is 0 Å². The quantitative estimate of drug-likeness (QED) is 0.528. The van der Waals surface area contributed by atoms with Gasteiger partial charge in [0, 0.05) is 5.56 Å². The van der Waals surface area contributed by atoms with Gasteiger partial charge in [0.05, 0.1) is 0 Å². The zero-order valence-electron chi connectivity index (χ0n) is 8.66. The summed E-state index contributed by atoms with van der Waals surface area (Å²) in [6, 6.07) is 7.71. The molecule has 0 fully saturated rings. The number of ketones is 1. The SMILES string of the molecule is CC=NCC(=O)c1ccc(CC)cc1.